The highest BCUT2D eigenvalue weighted by Gasteiger charge is 2.31. The predicted molar refractivity (Wildman–Crippen MR) is 122 cm³/mol. The van der Waals surface area contributed by atoms with E-state index in [-0.39, 0.29) is 19.2 Å². The SMILES string of the molecule is CCC(C)(C)OP(OCC(SNCOC)C(=O)OCc1ccccc1)OC(C)(C)C. The van der Waals surface area contributed by atoms with Gasteiger partial charge in [-0.15, -0.1) is 0 Å². The zero-order chi connectivity index (χ0) is 22.6. The van der Waals surface area contributed by atoms with Crippen LogP contribution >= 0.6 is 20.6 Å². The number of nitrogens with one attached hydrogen (secondary N) is 1. The van der Waals surface area contributed by atoms with Crippen molar-refractivity contribution in [2.45, 2.75) is 71.0 Å². The third-order valence-corrected chi connectivity index (χ3v) is 6.37. The van der Waals surface area contributed by atoms with Crippen molar-refractivity contribution in [2.75, 3.05) is 20.4 Å². The minimum Gasteiger partial charge on any atom is -0.460 e. The molecule has 1 rings (SSSR count). The van der Waals surface area contributed by atoms with Crippen molar-refractivity contribution < 1.29 is 27.8 Å². The molecular weight excluding hydrogens is 425 g/mol. The molecule has 0 aliphatic heterocycles. The molecule has 7 nitrogen and oxygen atoms in total. The van der Waals surface area contributed by atoms with Gasteiger partial charge in [0.15, 0.2) is 0 Å². The molecule has 0 saturated carbocycles. The molecular formula is C21H36NO6PS. The van der Waals surface area contributed by atoms with E-state index >= 15 is 0 Å². The average molecular weight is 462 g/mol. The van der Waals surface area contributed by atoms with Gasteiger partial charge >= 0.3 is 14.6 Å². The van der Waals surface area contributed by atoms with Gasteiger partial charge in [-0.25, -0.2) is 4.72 Å². The first-order chi connectivity index (χ1) is 14.1. The van der Waals surface area contributed by atoms with Crippen LogP contribution in [-0.2, 0) is 34.4 Å². The Hall–Kier alpha value is -0.730. The maximum atomic E-state index is 12.7. The highest BCUT2D eigenvalue weighted by Crippen LogP contribution is 2.48. The lowest BCUT2D eigenvalue weighted by Gasteiger charge is -2.32. The fourth-order valence-electron chi connectivity index (χ4n) is 1.86. The van der Waals surface area contributed by atoms with Crippen LogP contribution in [0.5, 0.6) is 0 Å². The molecule has 0 heterocycles. The van der Waals surface area contributed by atoms with Gasteiger partial charge in [-0.3, -0.25) is 4.79 Å². The van der Waals surface area contributed by atoms with Gasteiger partial charge < -0.3 is 23.0 Å². The highest BCUT2D eigenvalue weighted by atomic mass is 32.2. The van der Waals surface area contributed by atoms with E-state index in [0.29, 0.717) is 6.73 Å². The number of rotatable bonds is 14. The van der Waals surface area contributed by atoms with E-state index in [1.165, 1.54) is 11.9 Å². The Morgan fingerprint density at radius 3 is 2.37 bits per heavy atom. The summed E-state index contributed by atoms with van der Waals surface area (Å²) in [5.41, 5.74) is 0.0776. The van der Waals surface area contributed by atoms with Crippen LogP contribution in [-0.4, -0.2) is 42.9 Å². The summed E-state index contributed by atoms with van der Waals surface area (Å²) in [4.78, 5) is 12.7. The minimum absolute atomic E-state index is 0.0799. The zero-order valence-corrected chi connectivity index (χ0v) is 20.8. The summed E-state index contributed by atoms with van der Waals surface area (Å²) in [6.45, 7) is 12.4. The molecule has 0 saturated heterocycles. The minimum atomic E-state index is -1.65. The molecule has 0 bridgehead atoms. The number of benzene rings is 1. The normalized spacial score (nSPS) is 14.4. The van der Waals surface area contributed by atoms with Crippen molar-refractivity contribution in [3.05, 3.63) is 35.9 Å². The summed E-state index contributed by atoms with van der Waals surface area (Å²) in [5.74, 6) is -0.382. The molecule has 1 aromatic rings. The monoisotopic (exact) mass is 461 g/mol. The average Bonchev–Trinajstić information content (AvgIpc) is 2.68. The Balaban J connectivity index is 2.74. The molecule has 0 radical (unpaired) electrons. The number of esters is 1. The molecule has 2 atom stereocenters. The molecule has 172 valence electrons. The van der Waals surface area contributed by atoms with Crippen molar-refractivity contribution in [2.24, 2.45) is 0 Å². The van der Waals surface area contributed by atoms with Crippen LogP contribution in [0.1, 0.15) is 53.5 Å². The molecule has 1 aromatic carbocycles. The quantitative estimate of drug-likeness (QED) is 0.133. The number of carbonyl (C=O) groups is 1. The first-order valence-electron chi connectivity index (χ1n) is 9.95. The number of methoxy groups -OCH3 is 1. The van der Waals surface area contributed by atoms with Crippen molar-refractivity contribution in [1.82, 2.24) is 4.72 Å². The molecule has 0 amide bonds. The summed E-state index contributed by atoms with van der Waals surface area (Å²) in [5, 5.41) is -0.606. The molecule has 1 N–H and O–H groups in total. The smallest absolute Gasteiger partial charge is 0.333 e. The van der Waals surface area contributed by atoms with E-state index in [0.717, 1.165) is 12.0 Å². The van der Waals surface area contributed by atoms with E-state index in [2.05, 4.69) is 4.72 Å². The summed E-state index contributed by atoms with van der Waals surface area (Å²) in [7, 11) is -0.0784. The van der Waals surface area contributed by atoms with Crippen LogP contribution in [0.2, 0.25) is 0 Å². The lowest BCUT2D eigenvalue weighted by Crippen LogP contribution is -2.30. The van der Waals surface area contributed by atoms with Gasteiger partial charge in [-0.2, -0.15) is 0 Å². The zero-order valence-electron chi connectivity index (χ0n) is 19.1. The van der Waals surface area contributed by atoms with Gasteiger partial charge in [0.25, 0.3) is 0 Å². The Labute approximate surface area is 186 Å². The Morgan fingerprint density at radius 2 is 1.80 bits per heavy atom. The molecule has 2 unspecified atom stereocenters. The standard InChI is InChI=1S/C21H36NO6PS/c1-8-21(5,6)28-29(27-20(2,3)4)26-15-18(30-22-16-24-7)19(23)25-14-17-12-10-9-11-13-17/h9-13,18,22H,8,14-16H2,1-7H3. The molecule has 0 aromatic heterocycles. The highest BCUT2D eigenvalue weighted by molar-refractivity contribution is 7.98. The molecule has 30 heavy (non-hydrogen) atoms. The Morgan fingerprint density at radius 1 is 1.13 bits per heavy atom. The van der Waals surface area contributed by atoms with E-state index in [9.17, 15) is 4.79 Å². The van der Waals surface area contributed by atoms with E-state index in [4.69, 9.17) is 23.0 Å². The second-order valence-corrected chi connectivity index (χ2v) is 10.4. The van der Waals surface area contributed by atoms with Crippen LogP contribution in [0, 0.1) is 0 Å². The number of hydrogen-bond donors (Lipinski definition) is 1. The molecule has 0 fully saturated rings. The van der Waals surface area contributed by atoms with Gasteiger partial charge in [0.1, 0.15) is 18.6 Å². The molecule has 9 heteroatoms. The van der Waals surface area contributed by atoms with Crippen molar-refractivity contribution >= 4 is 26.5 Å². The Kier molecular flexibility index (Phi) is 12.4. The van der Waals surface area contributed by atoms with E-state index in [1.54, 1.807) is 7.11 Å². The van der Waals surface area contributed by atoms with Crippen molar-refractivity contribution in [3.63, 3.8) is 0 Å². The number of hydrogen-bond acceptors (Lipinski definition) is 8. The Bertz CT molecular complexity index is 611. The lowest BCUT2D eigenvalue weighted by molar-refractivity contribution is -0.144. The van der Waals surface area contributed by atoms with Gasteiger partial charge in [0.2, 0.25) is 0 Å². The van der Waals surface area contributed by atoms with Crippen LogP contribution < -0.4 is 4.72 Å². The topological polar surface area (TPSA) is 75.2 Å². The second-order valence-electron chi connectivity index (χ2n) is 8.20. The first kappa shape index (κ1) is 27.3. The van der Waals surface area contributed by atoms with E-state index in [1.807, 2.05) is 71.9 Å². The second kappa shape index (κ2) is 13.6. The van der Waals surface area contributed by atoms with Gasteiger partial charge in [-0.1, -0.05) is 49.2 Å². The third kappa shape index (κ3) is 12.2. The van der Waals surface area contributed by atoms with Gasteiger partial charge in [0.05, 0.1) is 17.8 Å². The largest absolute Gasteiger partial charge is 0.460 e. The maximum Gasteiger partial charge on any atom is 0.333 e. The van der Waals surface area contributed by atoms with Gasteiger partial charge in [-0.05, 0) is 46.6 Å². The van der Waals surface area contributed by atoms with E-state index < -0.39 is 25.1 Å². The summed E-state index contributed by atoms with van der Waals surface area (Å²) in [6, 6.07) is 9.55. The molecule has 0 aliphatic carbocycles. The van der Waals surface area contributed by atoms with Crippen LogP contribution in [0.3, 0.4) is 0 Å². The summed E-state index contributed by atoms with van der Waals surface area (Å²) in [6.07, 6.45) is 0.801. The summed E-state index contributed by atoms with van der Waals surface area (Å²) >= 11 is 1.20. The molecule has 0 aliphatic rings. The van der Waals surface area contributed by atoms with Crippen LogP contribution in [0.4, 0.5) is 0 Å². The maximum absolute atomic E-state index is 12.7. The van der Waals surface area contributed by atoms with Crippen molar-refractivity contribution in [1.29, 1.82) is 0 Å². The van der Waals surface area contributed by atoms with Crippen LogP contribution in [0.25, 0.3) is 0 Å². The van der Waals surface area contributed by atoms with Crippen molar-refractivity contribution in [3.8, 4) is 0 Å². The fourth-order valence-corrected chi connectivity index (χ4v) is 4.04. The summed E-state index contributed by atoms with van der Waals surface area (Å²) < 4.78 is 31.4. The fraction of sp³-hybridized carbons (Fsp3) is 0.667. The van der Waals surface area contributed by atoms with Gasteiger partial charge in [0, 0.05) is 7.11 Å². The first-order valence-corrected chi connectivity index (χ1v) is 11.9. The molecule has 0 spiro atoms. The number of carbonyl (C=O) groups excluding carboxylic acids is 1. The predicted octanol–water partition coefficient (Wildman–Crippen LogP) is 5.20. The van der Waals surface area contributed by atoms with Crippen LogP contribution in [0.15, 0.2) is 30.3 Å². The lowest BCUT2D eigenvalue weighted by atomic mass is 10.1. The third-order valence-electron chi connectivity index (χ3n) is 3.77. The number of ether oxygens (including phenoxy) is 2.